The molecule has 0 bridgehead atoms. The molecule has 7 heteroatoms. The van der Waals surface area contributed by atoms with E-state index in [-0.39, 0.29) is 17.9 Å². The van der Waals surface area contributed by atoms with Crippen molar-refractivity contribution in [2.24, 2.45) is 0 Å². The number of nitrogens with one attached hydrogen (secondary N) is 2. The van der Waals surface area contributed by atoms with Gasteiger partial charge in [-0.15, -0.1) is 0 Å². The fourth-order valence-corrected chi connectivity index (χ4v) is 2.20. The molecule has 1 fully saturated rings. The number of benzene rings is 1. The van der Waals surface area contributed by atoms with E-state index in [0.717, 1.165) is 13.0 Å². The van der Waals surface area contributed by atoms with E-state index < -0.39 is 36.2 Å². The number of carbonyl (C=O) groups excluding carboxylic acids is 1. The Morgan fingerprint density at radius 2 is 2.10 bits per heavy atom. The molecular formula is C13H14F4N2O. The van der Waals surface area contributed by atoms with Gasteiger partial charge < -0.3 is 10.6 Å². The summed E-state index contributed by atoms with van der Waals surface area (Å²) in [5.74, 6) is -4.85. The molecule has 1 aromatic carbocycles. The number of hydrogen-bond donors (Lipinski definition) is 2. The zero-order valence-electron chi connectivity index (χ0n) is 10.7. The molecule has 1 saturated heterocycles. The molecule has 1 aromatic rings. The smallest absolute Gasteiger partial charge is 0.257 e. The van der Waals surface area contributed by atoms with Gasteiger partial charge in [0.25, 0.3) is 5.92 Å². The summed E-state index contributed by atoms with van der Waals surface area (Å²) < 4.78 is 52.3. The lowest BCUT2D eigenvalue weighted by molar-refractivity contribution is -0.119. The summed E-state index contributed by atoms with van der Waals surface area (Å²) in [5.41, 5.74) is 0.0779. The van der Waals surface area contributed by atoms with Crippen molar-refractivity contribution < 1.29 is 22.4 Å². The first kappa shape index (κ1) is 14.8. The van der Waals surface area contributed by atoms with Crippen LogP contribution in [-0.2, 0) is 4.79 Å². The summed E-state index contributed by atoms with van der Waals surface area (Å²) in [6.07, 6.45) is -0.0302. The van der Waals surface area contributed by atoms with E-state index in [1.165, 1.54) is 6.07 Å². The van der Waals surface area contributed by atoms with Crippen LogP contribution < -0.4 is 10.6 Å². The summed E-state index contributed by atoms with van der Waals surface area (Å²) in [6.45, 7) is 0.129. The van der Waals surface area contributed by atoms with Crippen molar-refractivity contribution in [2.75, 3.05) is 6.54 Å². The maximum Gasteiger partial charge on any atom is 0.257 e. The Morgan fingerprint density at radius 1 is 1.40 bits per heavy atom. The number of hydrogen-bond acceptors (Lipinski definition) is 2. The molecule has 0 unspecified atom stereocenters. The van der Waals surface area contributed by atoms with Gasteiger partial charge in [-0.1, -0.05) is 6.07 Å². The van der Waals surface area contributed by atoms with Crippen LogP contribution in [0.4, 0.5) is 17.6 Å². The van der Waals surface area contributed by atoms with Crippen molar-refractivity contribution in [2.45, 2.75) is 31.4 Å². The average Bonchev–Trinajstić information content (AvgIpc) is 2.67. The fraction of sp³-hybridized carbons (Fsp3) is 0.462. The highest BCUT2D eigenvalue weighted by Gasteiger charge is 2.36. The third kappa shape index (κ3) is 3.47. The third-order valence-corrected chi connectivity index (χ3v) is 3.10. The van der Waals surface area contributed by atoms with E-state index in [0.29, 0.717) is 6.07 Å². The highest BCUT2D eigenvalue weighted by molar-refractivity contribution is 5.80. The van der Waals surface area contributed by atoms with Gasteiger partial charge in [-0.25, -0.2) is 17.6 Å². The molecule has 1 heterocycles. The molecule has 2 rings (SSSR count). The predicted octanol–water partition coefficient (Wildman–Crippen LogP) is 2.14. The first-order chi connectivity index (χ1) is 9.26. The van der Waals surface area contributed by atoms with E-state index in [9.17, 15) is 22.4 Å². The Hall–Kier alpha value is -1.63. The van der Waals surface area contributed by atoms with Gasteiger partial charge in [0.05, 0.1) is 12.6 Å². The molecule has 1 aliphatic heterocycles. The quantitative estimate of drug-likeness (QED) is 0.834. The second-order valence-electron chi connectivity index (χ2n) is 4.97. The Morgan fingerprint density at radius 3 is 2.70 bits per heavy atom. The SMILES string of the molecule is CC(F)(F)CN[C@@H]1CC(=O)N[C@H]1c1ccc(F)cc1F. The zero-order chi connectivity index (χ0) is 14.9. The molecule has 0 aliphatic carbocycles. The van der Waals surface area contributed by atoms with E-state index in [1.54, 1.807) is 0 Å². The largest absolute Gasteiger partial charge is 0.348 e. The van der Waals surface area contributed by atoms with Gasteiger partial charge in [-0.05, 0) is 6.07 Å². The monoisotopic (exact) mass is 290 g/mol. The first-order valence-electron chi connectivity index (χ1n) is 6.12. The molecule has 1 amide bonds. The van der Waals surface area contributed by atoms with Crippen LogP contribution in [0.15, 0.2) is 18.2 Å². The van der Waals surface area contributed by atoms with E-state index >= 15 is 0 Å². The standard InChI is InChI=1S/C13H14F4N2O/c1-13(16,17)6-18-10-5-11(20)19-12(10)8-3-2-7(14)4-9(8)15/h2-4,10,12,18H,5-6H2,1H3,(H,19,20)/t10-,12+/m1/s1. The maximum absolute atomic E-state index is 13.7. The number of carbonyl (C=O) groups is 1. The second-order valence-corrected chi connectivity index (χ2v) is 4.97. The van der Waals surface area contributed by atoms with Crippen molar-refractivity contribution in [3.05, 3.63) is 35.4 Å². The highest BCUT2D eigenvalue weighted by Crippen LogP contribution is 2.27. The van der Waals surface area contributed by atoms with Crippen molar-refractivity contribution in [1.82, 2.24) is 10.6 Å². The molecule has 2 atom stereocenters. The van der Waals surface area contributed by atoms with Gasteiger partial charge in [0.2, 0.25) is 5.91 Å². The van der Waals surface area contributed by atoms with Gasteiger partial charge in [-0.2, -0.15) is 0 Å². The molecule has 0 saturated carbocycles. The van der Waals surface area contributed by atoms with Crippen molar-refractivity contribution >= 4 is 5.91 Å². The maximum atomic E-state index is 13.7. The molecular weight excluding hydrogens is 276 g/mol. The van der Waals surface area contributed by atoms with Crippen LogP contribution in [0.1, 0.15) is 24.9 Å². The van der Waals surface area contributed by atoms with Crippen LogP contribution >= 0.6 is 0 Å². The number of alkyl halides is 2. The van der Waals surface area contributed by atoms with Crippen molar-refractivity contribution in [3.8, 4) is 0 Å². The van der Waals surface area contributed by atoms with E-state index in [4.69, 9.17) is 0 Å². The number of amides is 1. The molecule has 0 spiro atoms. The second kappa shape index (κ2) is 5.40. The molecule has 110 valence electrons. The third-order valence-electron chi connectivity index (χ3n) is 3.10. The van der Waals surface area contributed by atoms with Crippen LogP contribution in [0.5, 0.6) is 0 Å². The minimum atomic E-state index is -2.93. The summed E-state index contributed by atoms with van der Waals surface area (Å²) >= 11 is 0. The molecule has 3 nitrogen and oxygen atoms in total. The Labute approximate surface area is 113 Å². The molecule has 2 N–H and O–H groups in total. The van der Waals surface area contributed by atoms with Crippen molar-refractivity contribution in [1.29, 1.82) is 0 Å². The Balaban J connectivity index is 2.17. The van der Waals surface area contributed by atoms with Crippen LogP contribution in [0.25, 0.3) is 0 Å². The molecule has 20 heavy (non-hydrogen) atoms. The first-order valence-corrected chi connectivity index (χ1v) is 6.12. The van der Waals surface area contributed by atoms with Gasteiger partial charge >= 0.3 is 0 Å². The highest BCUT2D eigenvalue weighted by atomic mass is 19.3. The van der Waals surface area contributed by atoms with Crippen LogP contribution in [0.3, 0.4) is 0 Å². The fourth-order valence-electron chi connectivity index (χ4n) is 2.20. The van der Waals surface area contributed by atoms with Crippen LogP contribution in [0, 0.1) is 11.6 Å². The lowest BCUT2D eigenvalue weighted by Gasteiger charge is -2.22. The van der Waals surface area contributed by atoms with Crippen molar-refractivity contribution in [3.63, 3.8) is 0 Å². The average molecular weight is 290 g/mol. The summed E-state index contributed by atoms with van der Waals surface area (Å²) in [6, 6.07) is 1.53. The van der Waals surface area contributed by atoms with Gasteiger partial charge in [0.1, 0.15) is 11.6 Å². The van der Waals surface area contributed by atoms with Gasteiger partial charge in [-0.3, -0.25) is 4.79 Å². The van der Waals surface area contributed by atoms with E-state index in [2.05, 4.69) is 10.6 Å². The lowest BCUT2D eigenvalue weighted by Crippen LogP contribution is -2.40. The normalized spacial score (nSPS) is 22.9. The van der Waals surface area contributed by atoms with Gasteiger partial charge in [0.15, 0.2) is 0 Å². The number of halogens is 4. The number of rotatable bonds is 4. The molecule has 1 aliphatic rings. The van der Waals surface area contributed by atoms with Crippen LogP contribution in [-0.4, -0.2) is 24.4 Å². The summed E-state index contributed by atoms with van der Waals surface area (Å²) in [7, 11) is 0. The predicted molar refractivity (Wildman–Crippen MR) is 64.3 cm³/mol. The molecule has 0 aromatic heterocycles. The van der Waals surface area contributed by atoms with Crippen LogP contribution in [0.2, 0.25) is 0 Å². The Bertz CT molecular complexity index is 516. The Kier molecular flexibility index (Phi) is 3.99. The lowest BCUT2D eigenvalue weighted by atomic mass is 10.00. The van der Waals surface area contributed by atoms with E-state index in [1.807, 2.05) is 0 Å². The van der Waals surface area contributed by atoms with Gasteiger partial charge in [0, 0.05) is 31.0 Å². The summed E-state index contributed by atoms with van der Waals surface area (Å²) in [4.78, 5) is 11.4. The topological polar surface area (TPSA) is 41.1 Å². The minimum absolute atomic E-state index is 0.0302. The molecule has 0 radical (unpaired) electrons. The minimum Gasteiger partial charge on any atom is -0.348 e. The zero-order valence-corrected chi connectivity index (χ0v) is 10.7. The summed E-state index contributed by atoms with van der Waals surface area (Å²) in [5, 5.41) is 5.06.